The standard InChI is InChI=1S/C9H15/c1-8(2)6-5-7-9(3)4/h6-7H,1,5H2,2-4H3/b8-6-. The molecule has 0 spiro atoms. The summed E-state index contributed by atoms with van der Waals surface area (Å²) in [5.74, 6) is 0. The van der Waals surface area contributed by atoms with E-state index < -0.39 is 0 Å². The Morgan fingerprint density at radius 1 is 1.22 bits per heavy atom. The Labute approximate surface area is 58.3 Å². The van der Waals surface area contributed by atoms with Crippen LogP contribution in [0, 0.1) is 6.92 Å². The lowest BCUT2D eigenvalue weighted by atomic mass is 10.2. The molecule has 0 aliphatic heterocycles. The molecule has 1 radical (unpaired) electrons. The highest BCUT2D eigenvalue weighted by molar-refractivity contribution is 5.06. The molecule has 0 fully saturated rings. The molecule has 0 amide bonds. The monoisotopic (exact) mass is 123 g/mol. The van der Waals surface area contributed by atoms with E-state index in [2.05, 4.69) is 32.9 Å². The fourth-order valence-corrected chi connectivity index (χ4v) is 0.496. The van der Waals surface area contributed by atoms with Crippen LogP contribution in [0.4, 0.5) is 0 Å². The number of hydrogen-bond acceptors (Lipinski definition) is 0. The summed E-state index contributed by atoms with van der Waals surface area (Å²) < 4.78 is 0. The molecule has 0 atom stereocenters. The first-order chi connectivity index (χ1) is 4.13. The highest BCUT2D eigenvalue weighted by Crippen LogP contribution is 1.96. The van der Waals surface area contributed by atoms with Crippen LogP contribution < -0.4 is 0 Å². The predicted molar refractivity (Wildman–Crippen MR) is 43.2 cm³/mol. The molecular weight excluding hydrogens is 108 g/mol. The van der Waals surface area contributed by atoms with Crippen molar-refractivity contribution in [2.75, 3.05) is 0 Å². The number of allylic oxidation sites excluding steroid dienone is 4. The molecule has 0 saturated carbocycles. The second-order valence-electron chi connectivity index (χ2n) is 2.57. The Balaban J connectivity index is 3.53. The third kappa shape index (κ3) is 7.48. The SMILES string of the molecule is [CH2]/C(C)=C/CC=C(C)C. The Kier molecular flexibility index (Phi) is 4.12. The van der Waals surface area contributed by atoms with E-state index in [9.17, 15) is 0 Å². The lowest BCUT2D eigenvalue weighted by Crippen LogP contribution is -1.66. The smallest absolute Gasteiger partial charge is 0.0164 e. The van der Waals surface area contributed by atoms with E-state index >= 15 is 0 Å². The molecule has 0 N–H and O–H groups in total. The average Bonchev–Trinajstić information content (AvgIpc) is 1.63. The first kappa shape index (κ1) is 8.48. The van der Waals surface area contributed by atoms with Crippen LogP contribution in [-0.4, -0.2) is 0 Å². The second-order valence-corrected chi connectivity index (χ2v) is 2.57. The summed E-state index contributed by atoms with van der Waals surface area (Å²) in [6.45, 7) is 9.99. The van der Waals surface area contributed by atoms with Gasteiger partial charge in [0, 0.05) is 0 Å². The Hall–Kier alpha value is -0.520. The van der Waals surface area contributed by atoms with Crippen LogP contribution in [0.5, 0.6) is 0 Å². The normalized spacial score (nSPS) is 11.3. The van der Waals surface area contributed by atoms with E-state index in [1.165, 1.54) is 5.57 Å². The molecule has 0 heteroatoms. The van der Waals surface area contributed by atoms with Gasteiger partial charge in [0.2, 0.25) is 0 Å². The Morgan fingerprint density at radius 3 is 2.11 bits per heavy atom. The molecule has 0 aromatic carbocycles. The van der Waals surface area contributed by atoms with E-state index in [-0.39, 0.29) is 0 Å². The number of hydrogen-bond donors (Lipinski definition) is 0. The largest absolute Gasteiger partial charge is 0.0821 e. The summed E-state index contributed by atoms with van der Waals surface area (Å²) in [5, 5.41) is 0. The van der Waals surface area contributed by atoms with Crippen molar-refractivity contribution < 1.29 is 0 Å². The molecule has 0 unspecified atom stereocenters. The topological polar surface area (TPSA) is 0 Å². The van der Waals surface area contributed by atoms with Gasteiger partial charge in [0.05, 0.1) is 0 Å². The van der Waals surface area contributed by atoms with Gasteiger partial charge in [-0.2, -0.15) is 0 Å². The maximum atomic E-state index is 3.77. The van der Waals surface area contributed by atoms with Crippen LogP contribution in [-0.2, 0) is 0 Å². The summed E-state index contributed by atoms with van der Waals surface area (Å²) in [4.78, 5) is 0. The first-order valence-electron chi connectivity index (χ1n) is 3.25. The van der Waals surface area contributed by atoms with Gasteiger partial charge in [-0.15, -0.1) is 0 Å². The van der Waals surface area contributed by atoms with Gasteiger partial charge in [-0.1, -0.05) is 23.3 Å². The molecule has 0 aromatic heterocycles. The zero-order valence-electron chi connectivity index (χ0n) is 6.57. The van der Waals surface area contributed by atoms with Crippen LogP contribution >= 0.6 is 0 Å². The zero-order valence-corrected chi connectivity index (χ0v) is 6.57. The highest BCUT2D eigenvalue weighted by Gasteiger charge is 1.76. The molecule has 0 aliphatic carbocycles. The van der Waals surface area contributed by atoms with Crippen molar-refractivity contribution in [2.45, 2.75) is 27.2 Å². The van der Waals surface area contributed by atoms with Crippen molar-refractivity contribution in [1.82, 2.24) is 0 Å². The molecule has 0 nitrogen and oxygen atoms in total. The fraction of sp³-hybridized carbons (Fsp3) is 0.444. The van der Waals surface area contributed by atoms with E-state index in [4.69, 9.17) is 0 Å². The van der Waals surface area contributed by atoms with Crippen molar-refractivity contribution in [1.29, 1.82) is 0 Å². The molecule has 0 rings (SSSR count). The van der Waals surface area contributed by atoms with Gasteiger partial charge >= 0.3 is 0 Å². The van der Waals surface area contributed by atoms with Gasteiger partial charge in [0.1, 0.15) is 0 Å². The second kappa shape index (κ2) is 4.37. The molecule has 0 heterocycles. The minimum atomic E-state index is 1.03. The van der Waals surface area contributed by atoms with Gasteiger partial charge in [-0.3, -0.25) is 0 Å². The van der Waals surface area contributed by atoms with Crippen LogP contribution in [0.15, 0.2) is 23.3 Å². The van der Waals surface area contributed by atoms with Crippen molar-refractivity contribution in [3.63, 3.8) is 0 Å². The van der Waals surface area contributed by atoms with Crippen molar-refractivity contribution in [3.05, 3.63) is 30.2 Å². The minimum Gasteiger partial charge on any atom is -0.0821 e. The highest BCUT2D eigenvalue weighted by atomic mass is 13.8. The average molecular weight is 123 g/mol. The summed E-state index contributed by atoms with van der Waals surface area (Å²) >= 11 is 0. The molecule has 9 heavy (non-hydrogen) atoms. The minimum absolute atomic E-state index is 1.03. The van der Waals surface area contributed by atoms with E-state index in [1.807, 2.05) is 6.92 Å². The third-order valence-electron chi connectivity index (χ3n) is 0.992. The third-order valence-corrected chi connectivity index (χ3v) is 0.992. The van der Waals surface area contributed by atoms with Crippen LogP contribution in [0.1, 0.15) is 27.2 Å². The Morgan fingerprint density at radius 2 is 1.78 bits per heavy atom. The van der Waals surface area contributed by atoms with Gasteiger partial charge in [-0.05, 0) is 34.1 Å². The van der Waals surface area contributed by atoms with E-state index in [0.717, 1.165) is 12.0 Å². The maximum Gasteiger partial charge on any atom is -0.0164 e. The summed E-state index contributed by atoms with van der Waals surface area (Å²) in [6.07, 6.45) is 5.33. The van der Waals surface area contributed by atoms with E-state index in [1.54, 1.807) is 0 Å². The number of rotatable bonds is 2. The zero-order chi connectivity index (χ0) is 7.28. The molecule has 51 valence electrons. The van der Waals surface area contributed by atoms with Gasteiger partial charge in [0.15, 0.2) is 0 Å². The molecular formula is C9H15. The van der Waals surface area contributed by atoms with Crippen molar-refractivity contribution in [2.24, 2.45) is 0 Å². The molecule has 0 bridgehead atoms. The predicted octanol–water partition coefficient (Wildman–Crippen LogP) is 3.12. The van der Waals surface area contributed by atoms with Crippen LogP contribution in [0.2, 0.25) is 0 Å². The van der Waals surface area contributed by atoms with Crippen LogP contribution in [0.3, 0.4) is 0 Å². The van der Waals surface area contributed by atoms with Crippen molar-refractivity contribution in [3.8, 4) is 0 Å². The van der Waals surface area contributed by atoms with Crippen molar-refractivity contribution >= 4 is 0 Å². The summed E-state index contributed by atoms with van der Waals surface area (Å²) in [6, 6.07) is 0. The molecule has 0 aromatic rings. The quantitative estimate of drug-likeness (QED) is 0.495. The first-order valence-corrected chi connectivity index (χ1v) is 3.25. The molecule has 0 saturated heterocycles. The lowest BCUT2D eigenvalue weighted by molar-refractivity contribution is 1.26. The maximum absolute atomic E-state index is 3.77. The van der Waals surface area contributed by atoms with E-state index in [0.29, 0.717) is 0 Å². The van der Waals surface area contributed by atoms with Crippen LogP contribution in [0.25, 0.3) is 0 Å². The van der Waals surface area contributed by atoms with Gasteiger partial charge in [0.25, 0.3) is 0 Å². The Bertz CT molecular complexity index is 103. The molecule has 0 aliphatic rings. The lowest BCUT2D eigenvalue weighted by Gasteiger charge is -1.87. The van der Waals surface area contributed by atoms with Gasteiger partial charge < -0.3 is 0 Å². The van der Waals surface area contributed by atoms with Gasteiger partial charge in [-0.25, -0.2) is 0 Å². The summed E-state index contributed by atoms with van der Waals surface area (Å²) in [5.41, 5.74) is 2.51. The summed E-state index contributed by atoms with van der Waals surface area (Å²) in [7, 11) is 0. The fourth-order valence-electron chi connectivity index (χ4n) is 0.496.